The van der Waals surface area contributed by atoms with Gasteiger partial charge in [-0.15, -0.1) is 0 Å². The molecule has 4 rings (SSSR count). The van der Waals surface area contributed by atoms with Gasteiger partial charge in [0.05, 0.1) is 14.9 Å². The number of fused-ring (bicyclic) bond motifs is 3. The lowest BCUT2D eigenvalue weighted by atomic mass is 9.97. The van der Waals surface area contributed by atoms with E-state index in [0.717, 1.165) is 16.3 Å². The van der Waals surface area contributed by atoms with Crippen molar-refractivity contribution in [1.29, 1.82) is 0 Å². The lowest BCUT2D eigenvalue weighted by Gasteiger charge is -2.09. The number of para-hydroxylation sites is 1. The van der Waals surface area contributed by atoms with E-state index in [-0.39, 0.29) is 23.8 Å². The van der Waals surface area contributed by atoms with E-state index in [1.165, 1.54) is 4.57 Å². The summed E-state index contributed by atoms with van der Waals surface area (Å²) in [6.07, 6.45) is -2.13. The fraction of sp³-hybridized carbons (Fsp3) is 0.250. The molecule has 2 aromatic heterocycles. The maximum atomic E-state index is 8.94. The summed E-state index contributed by atoms with van der Waals surface area (Å²) in [6.45, 7) is 12.7. The van der Waals surface area contributed by atoms with Gasteiger partial charge in [-0.25, -0.2) is 9.41 Å². The van der Waals surface area contributed by atoms with Crippen molar-refractivity contribution < 1.29 is 15.8 Å². The fourth-order valence-electron chi connectivity index (χ4n) is 3.35. The summed E-state index contributed by atoms with van der Waals surface area (Å²) in [5.74, 6) is -0.486. The summed E-state index contributed by atoms with van der Waals surface area (Å²) in [5, 5.41) is 1.56. The standard InChI is InChI=1S/C24H23N2O/c1-15(2)13-17-11-12-26(5)21(14-17)22-16(3)9-10-19-18-7-6-8-20(25-4)23(18)27-24(19)22/h6-12,14-15H,13H2,1-3,5H3/q+1/i11D,12D,13D2,14D. The maximum absolute atomic E-state index is 8.94. The summed E-state index contributed by atoms with van der Waals surface area (Å²) in [4.78, 5) is 3.56. The average Bonchev–Trinajstić information content (AvgIpc) is 3.12. The minimum absolute atomic E-state index is 0.0973. The molecule has 0 bridgehead atoms. The van der Waals surface area contributed by atoms with Crippen molar-refractivity contribution >= 4 is 27.6 Å². The van der Waals surface area contributed by atoms with Gasteiger partial charge in [0.15, 0.2) is 6.17 Å². The smallest absolute Gasteiger partial charge is 0.229 e. The lowest BCUT2D eigenvalue weighted by Crippen LogP contribution is -2.31. The monoisotopic (exact) mass is 360 g/mol. The number of benzene rings is 2. The fourth-order valence-corrected chi connectivity index (χ4v) is 3.35. The van der Waals surface area contributed by atoms with Crippen molar-refractivity contribution in [3.05, 3.63) is 71.1 Å². The first kappa shape index (κ1) is 12.3. The number of hydrogen-bond acceptors (Lipinski definition) is 1. The van der Waals surface area contributed by atoms with Gasteiger partial charge in [0.2, 0.25) is 11.4 Å². The average molecular weight is 360 g/mol. The molecule has 0 N–H and O–H groups in total. The summed E-state index contributed by atoms with van der Waals surface area (Å²) < 4.78 is 50.6. The highest BCUT2D eigenvalue weighted by molar-refractivity contribution is 6.12. The van der Waals surface area contributed by atoms with E-state index in [4.69, 9.17) is 17.8 Å². The zero-order valence-electron chi connectivity index (χ0n) is 20.8. The molecule has 2 aromatic carbocycles. The Morgan fingerprint density at radius 3 is 2.74 bits per heavy atom. The first-order valence-electron chi connectivity index (χ1n) is 11.3. The van der Waals surface area contributed by atoms with Crippen molar-refractivity contribution in [3.63, 3.8) is 0 Å². The van der Waals surface area contributed by atoms with Gasteiger partial charge in [0, 0.05) is 25.6 Å². The largest absolute Gasteiger partial charge is 0.466 e. The Bertz CT molecular complexity index is 1450. The van der Waals surface area contributed by atoms with Crippen molar-refractivity contribution in [1.82, 2.24) is 0 Å². The molecule has 4 aromatic rings. The molecule has 0 atom stereocenters. The minimum Gasteiger partial charge on any atom is -0.466 e. The van der Waals surface area contributed by atoms with Crippen LogP contribution < -0.4 is 4.57 Å². The molecule has 0 aliphatic rings. The molecule has 2 heterocycles. The van der Waals surface area contributed by atoms with E-state index in [9.17, 15) is 0 Å². The van der Waals surface area contributed by atoms with Gasteiger partial charge in [0.25, 0.3) is 0 Å². The third kappa shape index (κ3) is 2.88. The van der Waals surface area contributed by atoms with Crippen LogP contribution in [0.25, 0.3) is 38.0 Å². The predicted octanol–water partition coefficient (Wildman–Crippen LogP) is 6.14. The molecule has 0 saturated carbocycles. The summed E-state index contributed by atoms with van der Waals surface area (Å²) in [6, 6.07) is 8.75. The van der Waals surface area contributed by atoms with Crippen LogP contribution in [0, 0.1) is 19.4 Å². The molecule has 0 unspecified atom stereocenters. The Morgan fingerprint density at radius 2 is 2.00 bits per heavy atom. The Kier molecular flexibility index (Phi) is 2.99. The van der Waals surface area contributed by atoms with Crippen LogP contribution >= 0.6 is 0 Å². The zero-order valence-corrected chi connectivity index (χ0v) is 15.8. The molecule has 0 aliphatic heterocycles. The first-order valence-corrected chi connectivity index (χ1v) is 8.85. The maximum Gasteiger partial charge on any atom is 0.229 e. The van der Waals surface area contributed by atoms with Crippen LogP contribution in [0.1, 0.15) is 31.8 Å². The van der Waals surface area contributed by atoms with Crippen molar-refractivity contribution in [3.8, 4) is 11.3 Å². The number of nitrogens with zero attached hydrogens (tertiary/aromatic N) is 2. The second-order valence-corrected chi connectivity index (χ2v) is 6.95. The van der Waals surface area contributed by atoms with E-state index < -0.39 is 12.3 Å². The molecule has 3 nitrogen and oxygen atoms in total. The molecule has 0 fully saturated rings. The second kappa shape index (κ2) is 6.55. The van der Waals surface area contributed by atoms with Gasteiger partial charge in [-0.1, -0.05) is 44.2 Å². The number of furan rings is 1. The minimum atomic E-state index is -1.96. The van der Waals surface area contributed by atoms with Crippen molar-refractivity contribution in [2.45, 2.75) is 27.1 Å². The lowest BCUT2D eigenvalue weighted by molar-refractivity contribution is -0.660. The van der Waals surface area contributed by atoms with Crippen LogP contribution in [0.15, 0.2) is 53.0 Å². The van der Waals surface area contributed by atoms with Crippen LogP contribution in [0.5, 0.6) is 0 Å². The van der Waals surface area contributed by atoms with E-state index >= 15 is 0 Å². The van der Waals surface area contributed by atoms with Gasteiger partial charge in [0.1, 0.15) is 19.6 Å². The van der Waals surface area contributed by atoms with Crippen LogP contribution in [-0.2, 0) is 13.4 Å². The SMILES string of the molecule is [2H]c1c(C([2H])([2H])C(C)C)c([2H])c(-c2c(C)ccc3c2oc2c([N+]#[C-])cccc23)[n+](C)c1[2H]. The van der Waals surface area contributed by atoms with Crippen molar-refractivity contribution in [2.75, 3.05) is 0 Å². The topological polar surface area (TPSA) is 21.4 Å². The van der Waals surface area contributed by atoms with Crippen LogP contribution in [0.4, 0.5) is 5.69 Å². The van der Waals surface area contributed by atoms with Crippen molar-refractivity contribution in [2.24, 2.45) is 13.0 Å². The zero-order chi connectivity index (χ0) is 23.5. The van der Waals surface area contributed by atoms with E-state index in [2.05, 4.69) is 4.85 Å². The Labute approximate surface area is 166 Å². The van der Waals surface area contributed by atoms with Crippen LogP contribution in [0.3, 0.4) is 0 Å². The Hall–Kier alpha value is -3.12. The quantitative estimate of drug-likeness (QED) is 0.318. The van der Waals surface area contributed by atoms with Gasteiger partial charge < -0.3 is 4.42 Å². The van der Waals surface area contributed by atoms with Crippen LogP contribution in [0.2, 0.25) is 0 Å². The second-order valence-electron chi connectivity index (χ2n) is 6.95. The van der Waals surface area contributed by atoms with E-state index in [1.54, 1.807) is 33.0 Å². The van der Waals surface area contributed by atoms with E-state index in [1.807, 2.05) is 25.1 Å². The molecular weight excluding hydrogens is 332 g/mol. The number of pyridine rings is 1. The molecule has 0 radical (unpaired) electrons. The number of rotatable bonds is 3. The highest BCUT2D eigenvalue weighted by Crippen LogP contribution is 2.40. The van der Waals surface area contributed by atoms with Gasteiger partial charge in [-0.05, 0) is 30.3 Å². The first-order chi connectivity index (χ1) is 15.0. The molecule has 134 valence electrons. The molecule has 0 spiro atoms. The van der Waals surface area contributed by atoms with Gasteiger partial charge in [-0.2, -0.15) is 0 Å². The number of hydrogen-bond donors (Lipinski definition) is 0. The third-order valence-corrected chi connectivity index (χ3v) is 4.57. The molecule has 3 heteroatoms. The van der Waals surface area contributed by atoms with Gasteiger partial charge in [-0.3, -0.25) is 0 Å². The third-order valence-electron chi connectivity index (χ3n) is 4.57. The molecule has 0 aliphatic carbocycles. The Morgan fingerprint density at radius 1 is 1.22 bits per heavy atom. The molecular formula is C24H23N2O+. The summed E-state index contributed by atoms with van der Waals surface area (Å²) >= 11 is 0. The Balaban J connectivity index is 2.20. The predicted molar refractivity (Wildman–Crippen MR) is 110 cm³/mol. The highest BCUT2D eigenvalue weighted by atomic mass is 16.3. The number of aryl methyl sites for hydroxylation is 1. The summed E-state index contributed by atoms with van der Waals surface area (Å²) in [5.41, 5.74) is 2.90. The summed E-state index contributed by atoms with van der Waals surface area (Å²) in [7, 11) is 1.61. The van der Waals surface area contributed by atoms with Gasteiger partial charge >= 0.3 is 0 Å². The molecule has 0 saturated heterocycles. The van der Waals surface area contributed by atoms with Crippen LogP contribution in [-0.4, -0.2) is 0 Å². The number of aromatic nitrogens is 1. The molecule has 0 amide bonds. The highest BCUT2D eigenvalue weighted by Gasteiger charge is 2.22. The van der Waals surface area contributed by atoms with E-state index in [0.29, 0.717) is 28.1 Å². The molecule has 27 heavy (non-hydrogen) atoms. The normalized spacial score (nSPS) is 14.6.